The molecule has 172 valence electrons. The fourth-order valence-electron chi connectivity index (χ4n) is 6.80. The molecule has 3 saturated carbocycles. The quantitative estimate of drug-likeness (QED) is 0.628. The summed E-state index contributed by atoms with van der Waals surface area (Å²) in [6, 6.07) is 8.03. The van der Waals surface area contributed by atoms with Crippen LogP contribution in [0.1, 0.15) is 82.1 Å². The van der Waals surface area contributed by atoms with E-state index in [9.17, 15) is 19.5 Å². The number of carboxylic acid groups (broad SMARTS) is 1. The van der Waals surface area contributed by atoms with Crippen molar-refractivity contribution in [1.82, 2.24) is 5.32 Å². The molecule has 4 unspecified atom stereocenters. The lowest BCUT2D eigenvalue weighted by Gasteiger charge is -2.50. The number of benzene rings is 1. The Morgan fingerprint density at radius 3 is 2.47 bits per heavy atom. The number of anilines is 1. The third-order valence-electron chi connectivity index (χ3n) is 8.37. The Labute approximate surface area is 189 Å². The lowest BCUT2D eigenvalue weighted by molar-refractivity contribution is -0.148. The molecule has 5 rings (SSSR count). The van der Waals surface area contributed by atoms with Crippen molar-refractivity contribution in [2.24, 2.45) is 11.8 Å². The number of rotatable bonds is 7. The Bertz CT molecular complexity index is 892. The number of para-hydroxylation sites is 1. The second kappa shape index (κ2) is 8.62. The SMILES string of the molecule is O=CCC(NC1CC1)(C(=O)O)C1c2ccccc2N(C(=O)C2CCCCC2)C2CCCC21. The van der Waals surface area contributed by atoms with Crippen LogP contribution in [0.4, 0.5) is 5.69 Å². The standard InChI is InChI=1S/C26H34N2O4/c29-16-15-26(25(31)32,27-18-13-14-18)23-19-9-4-5-11-21(19)28(22-12-6-10-20(22)23)24(30)17-7-2-1-3-8-17/h4-5,9,11,16-18,20,22-23,27H,1-3,6-8,10,12-15H2,(H,31,32). The Kier molecular flexibility index (Phi) is 5.82. The van der Waals surface area contributed by atoms with Crippen LogP contribution in [0.5, 0.6) is 0 Å². The first-order chi connectivity index (χ1) is 15.6. The molecule has 1 aromatic carbocycles. The molecule has 1 aromatic rings. The molecular formula is C26H34N2O4. The van der Waals surface area contributed by atoms with Crippen LogP contribution in [-0.4, -0.2) is 40.9 Å². The van der Waals surface area contributed by atoms with Crippen LogP contribution in [0, 0.1) is 11.8 Å². The van der Waals surface area contributed by atoms with E-state index < -0.39 is 11.5 Å². The Morgan fingerprint density at radius 1 is 1.03 bits per heavy atom. The van der Waals surface area contributed by atoms with Gasteiger partial charge in [-0.25, -0.2) is 0 Å². The maximum absolute atomic E-state index is 13.8. The van der Waals surface area contributed by atoms with Gasteiger partial charge in [0.1, 0.15) is 11.8 Å². The van der Waals surface area contributed by atoms with Crippen LogP contribution < -0.4 is 10.2 Å². The van der Waals surface area contributed by atoms with Crippen molar-refractivity contribution in [3.8, 4) is 0 Å². The zero-order valence-electron chi connectivity index (χ0n) is 18.7. The molecular weight excluding hydrogens is 404 g/mol. The highest BCUT2D eigenvalue weighted by molar-refractivity contribution is 5.98. The van der Waals surface area contributed by atoms with E-state index in [0.29, 0.717) is 0 Å². The van der Waals surface area contributed by atoms with Gasteiger partial charge in [-0.2, -0.15) is 0 Å². The average Bonchev–Trinajstić information content (AvgIpc) is 3.50. The molecule has 1 heterocycles. The number of aldehydes is 1. The highest BCUT2D eigenvalue weighted by Gasteiger charge is 2.58. The molecule has 3 aliphatic carbocycles. The highest BCUT2D eigenvalue weighted by Crippen LogP contribution is 2.54. The van der Waals surface area contributed by atoms with Gasteiger partial charge in [-0.1, -0.05) is 43.9 Å². The van der Waals surface area contributed by atoms with Crippen molar-refractivity contribution in [2.45, 2.75) is 94.2 Å². The molecule has 6 nitrogen and oxygen atoms in total. The Balaban J connectivity index is 1.61. The molecule has 1 aliphatic heterocycles. The number of carbonyl (C=O) groups is 3. The zero-order valence-corrected chi connectivity index (χ0v) is 18.7. The molecule has 0 saturated heterocycles. The van der Waals surface area contributed by atoms with E-state index in [4.69, 9.17) is 0 Å². The molecule has 1 amide bonds. The van der Waals surface area contributed by atoms with Crippen molar-refractivity contribution in [1.29, 1.82) is 0 Å². The van der Waals surface area contributed by atoms with E-state index in [0.717, 1.165) is 75.3 Å². The molecule has 32 heavy (non-hydrogen) atoms. The Hall–Kier alpha value is -2.21. The maximum Gasteiger partial charge on any atom is 0.325 e. The number of aliphatic carboxylic acids is 1. The van der Waals surface area contributed by atoms with Gasteiger partial charge >= 0.3 is 5.97 Å². The topological polar surface area (TPSA) is 86.7 Å². The lowest BCUT2D eigenvalue weighted by atomic mass is 9.65. The highest BCUT2D eigenvalue weighted by atomic mass is 16.4. The lowest BCUT2D eigenvalue weighted by Crippen LogP contribution is -2.63. The summed E-state index contributed by atoms with van der Waals surface area (Å²) in [5.41, 5.74) is 0.453. The number of hydrogen-bond donors (Lipinski definition) is 2. The fourth-order valence-corrected chi connectivity index (χ4v) is 6.80. The summed E-state index contributed by atoms with van der Waals surface area (Å²) < 4.78 is 0. The molecule has 6 heteroatoms. The molecule has 0 spiro atoms. The van der Waals surface area contributed by atoms with E-state index in [1.54, 1.807) is 0 Å². The van der Waals surface area contributed by atoms with Crippen LogP contribution in [0.15, 0.2) is 24.3 Å². The minimum absolute atomic E-state index is 0.00991. The molecule has 4 aliphatic rings. The number of fused-ring (bicyclic) bond motifs is 2. The molecule has 0 bridgehead atoms. The van der Waals surface area contributed by atoms with Gasteiger partial charge in [-0.15, -0.1) is 0 Å². The molecule has 0 aromatic heterocycles. The minimum atomic E-state index is -1.33. The average molecular weight is 439 g/mol. The summed E-state index contributed by atoms with van der Waals surface area (Å²) in [4.78, 5) is 40.5. The third-order valence-corrected chi connectivity index (χ3v) is 8.37. The largest absolute Gasteiger partial charge is 0.480 e. The normalized spacial score (nSPS) is 29.6. The van der Waals surface area contributed by atoms with Gasteiger partial charge in [-0.3, -0.25) is 14.9 Å². The number of nitrogens with zero attached hydrogens (tertiary/aromatic N) is 1. The van der Waals surface area contributed by atoms with Crippen LogP contribution in [0.25, 0.3) is 0 Å². The van der Waals surface area contributed by atoms with E-state index in [1.807, 2.05) is 29.2 Å². The second-order valence-electron chi connectivity index (χ2n) is 10.3. The van der Waals surface area contributed by atoms with Crippen molar-refractivity contribution in [3.63, 3.8) is 0 Å². The predicted octanol–water partition coefficient (Wildman–Crippen LogP) is 4.03. The van der Waals surface area contributed by atoms with Crippen molar-refractivity contribution < 1.29 is 19.5 Å². The summed E-state index contributed by atoms with van der Waals surface area (Å²) in [5.74, 6) is -0.948. The van der Waals surface area contributed by atoms with Crippen molar-refractivity contribution >= 4 is 23.9 Å². The summed E-state index contributed by atoms with van der Waals surface area (Å²) in [6.45, 7) is 0. The van der Waals surface area contributed by atoms with Crippen molar-refractivity contribution in [2.75, 3.05) is 4.90 Å². The number of carbonyl (C=O) groups excluding carboxylic acids is 2. The summed E-state index contributed by atoms with van der Waals surface area (Å²) in [7, 11) is 0. The molecule has 0 radical (unpaired) electrons. The third kappa shape index (κ3) is 3.57. The molecule has 2 N–H and O–H groups in total. The van der Waals surface area contributed by atoms with Crippen LogP contribution in [-0.2, 0) is 14.4 Å². The first-order valence-electron chi connectivity index (χ1n) is 12.4. The summed E-state index contributed by atoms with van der Waals surface area (Å²) >= 11 is 0. The van der Waals surface area contributed by atoms with E-state index >= 15 is 0 Å². The van der Waals surface area contributed by atoms with Gasteiger partial charge in [0.15, 0.2) is 0 Å². The fraction of sp³-hybridized carbons (Fsp3) is 0.654. The monoisotopic (exact) mass is 438 g/mol. The van der Waals surface area contributed by atoms with Crippen LogP contribution >= 0.6 is 0 Å². The van der Waals surface area contributed by atoms with Gasteiger partial charge in [0.05, 0.1) is 0 Å². The van der Waals surface area contributed by atoms with Gasteiger partial charge in [-0.05, 0) is 56.1 Å². The minimum Gasteiger partial charge on any atom is -0.480 e. The first kappa shape index (κ1) is 21.6. The van der Waals surface area contributed by atoms with Crippen LogP contribution in [0.2, 0.25) is 0 Å². The molecule has 4 atom stereocenters. The predicted molar refractivity (Wildman–Crippen MR) is 122 cm³/mol. The number of nitrogens with one attached hydrogen (secondary N) is 1. The summed E-state index contributed by atoms with van der Waals surface area (Å²) in [5, 5.41) is 13.9. The van der Waals surface area contributed by atoms with E-state index in [-0.39, 0.29) is 42.2 Å². The van der Waals surface area contributed by atoms with E-state index in [2.05, 4.69) is 5.32 Å². The van der Waals surface area contributed by atoms with Gasteiger partial charge < -0.3 is 14.8 Å². The molecule has 3 fully saturated rings. The number of hydrogen-bond acceptors (Lipinski definition) is 4. The smallest absolute Gasteiger partial charge is 0.325 e. The van der Waals surface area contributed by atoms with Gasteiger partial charge in [0.2, 0.25) is 5.91 Å². The van der Waals surface area contributed by atoms with Gasteiger partial charge in [0, 0.05) is 36.0 Å². The van der Waals surface area contributed by atoms with Crippen LogP contribution in [0.3, 0.4) is 0 Å². The maximum atomic E-state index is 13.8. The van der Waals surface area contributed by atoms with E-state index in [1.165, 1.54) is 6.42 Å². The zero-order chi connectivity index (χ0) is 22.3. The van der Waals surface area contributed by atoms with Gasteiger partial charge in [0.25, 0.3) is 0 Å². The van der Waals surface area contributed by atoms with Crippen molar-refractivity contribution in [3.05, 3.63) is 29.8 Å². The number of carboxylic acids is 1. The second-order valence-corrected chi connectivity index (χ2v) is 10.3. The Morgan fingerprint density at radius 2 is 1.78 bits per heavy atom. The summed E-state index contributed by atoms with van der Waals surface area (Å²) in [6.07, 6.45) is 10.7. The number of amides is 1. The first-order valence-corrected chi connectivity index (χ1v) is 12.4.